The molecule has 2 aromatic rings. The van der Waals surface area contributed by atoms with Crippen LogP contribution in [0.3, 0.4) is 0 Å². The van der Waals surface area contributed by atoms with Crippen molar-refractivity contribution in [3.63, 3.8) is 0 Å². The first-order valence-electron chi connectivity index (χ1n) is 5.34. The molecule has 0 amide bonds. The topological polar surface area (TPSA) is 46.0 Å². The first kappa shape index (κ1) is 10.8. The molecule has 1 unspecified atom stereocenters. The van der Waals surface area contributed by atoms with Gasteiger partial charge in [-0.1, -0.05) is 31.2 Å². The Labute approximate surface area is 94.8 Å². The zero-order valence-electron chi connectivity index (χ0n) is 9.17. The summed E-state index contributed by atoms with van der Waals surface area (Å²) in [7, 11) is 0. The van der Waals surface area contributed by atoms with Crippen molar-refractivity contribution < 1.29 is 5.11 Å². The highest BCUT2D eigenvalue weighted by molar-refractivity contribution is 5.29. The molecule has 1 N–H and O–H groups in total. The van der Waals surface area contributed by atoms with Crippen LogP contribution < -0.4 is 0 Å². The van der Waals surface area contributed by atoms with Gasteiger partial charge in [0.2, 0.25) is 0 Å². The van der Waals surface area contributed by atoms with Gasteiger partial charge in [0.1, 0.15) is 12.4 Å². The summed E-state index contributed by atoms with van der Waals surface area (Å²) in [4.78, 5) is 7.88. The lowest BCUT2D eigenvalue weighted by atomic mass is 10.0. The van der Waals surface area contributed by atoms with Crippen molar-refractivity contribution in [1.82, 2.24) is 9.97 Å². The van der Waals surface area contributed by atoms with Crippen LogP contribution in [-0.4, -0.2) is 15.1 Å². The second-order valence-corrected chi connectivity index (χ2v) is 3.64. The molecular formula is C13H14N2O. The Hall–Kier alpha value is -1.74. The minimum atomic E-state index is -0.672. The fraction of sp³-hybridized carbons (Fsp3) is 0.231. The quantitative estimate of drug-likeness (QED) is 0.851. The molecule has 0 aliphatic rings. The molecule has 0 spiro atoms. The summed E-state index contributed by atoms with van der Waals surface area (Å²) < 4.78 is 0. The summed E-state index contributed by atoms with van der Waals surface area (Å²) in [6.45, 7) is 2.09. The van der Waals surface area contributed by atoms with Crippen LogP contribution in [0.1, 0.15) is 29.8 Å². The molecule has 1 aromatic heterocycles. The standard InChI is InChI=1S/C13H14N2O/c1-2-10-4-3-5-11(8-10)13(16)12-6-7-14-9-15-12/h3-9,13,16H,2H2,1H3. The number of aliphatic hydroxyl groups is 1. The molecule has 0 saturated heterocycles. The Kier molecular flexibility index (Phi) is 3.27. The summed E-state index contributed by atoms with van der Waals surface area (Å²) in [6.07, 6.45) is 3.37. The fourth-order valence-corrected chi connectivity index (χ4v) is 1.62. The Morgan fingerprint density at radius 3 is 2.88 bits per heavy atom. The third-order valence-corrected chi connectivity index (χ3v) is 2.56. The third-order valence-electron chi connectivity index (χ3n) is 2.56. The maximum absolute atomic E-state index is 10.1. The van der Waals surface area contributed by atoms with Gasteiger partial charge < -0.3 is 5.11 Å². The van der Waals surface area contributed by atoms with E-state index in [2.05, 4.69) is 23.0 Å². The van der Waals surface area contributed by atoms with Crippen molar-refractivity contribution in [2.75, 3.05) is 0 Å². The molecule has 1 heterocycles. The van der Waals surface area contributed by atoms with Gasteiger partial charge >= 0.3 is 0 Å². The highest BCUT2D eigenvalue weighted by Crippen LogP contribution is 2.20. The van der Waals surface area contributed by atoms with E-state index in [1.807, 2.05) is 18.2 Å². The summed E-state index contributed by atoms with van der Waals surface area (Å²) in [5, 5.41) is 10.1. The normalized spacial score (nSPS) is 12.4. The smallest absolute Gasteiger partial charge is 0.121 e. The number of hydrogen-bond donors (Lipinski definition) is 1. The van der Waals surface area contributed by atoms with Crippen LogP contribution in [0.15, 0.2) is 42.9 Å². The number of nitrogens with zero attached hydrogens (tertiary/aromatic N) is 2. The van der Waals surface area contributed by atoms with Crippen LogP contribution in [0.2, 0.25) is 0 Å². The first-order chi connectivity index (χ1) is 7.81. The van der Waals surface area contributed by atoms with Gasteiger partial charge in [0.05, 0.1) is 5.69 Å². The minimum Gasteiger partial charge on any atom is -0.382 e. The van der Waals surface area contributed by atoms with Crippen LogP contribution in [-0.2, 0) is 6.42 Å². The molecule has 2 rings (SSSR count). The number of rotatable bonds is 3. The zero-order valence-corrected chi connectivity index (χ0v) is 9.17. The van der Waals surface area contributed by atoms with Gasteiger partial charge in [-0.15, -0.1) is 0 Å². The average molecular weight is 214 g/mol. The molecular weight excluding hydrogens is 200 g/mol. The van der Waals surface area contributed by atoms with E-state index in [-0.39, 0.29) is 0 Å². The first-order valence-corrected chi connectivity index (χ1v) is 5.34. The Balaban J connectivity index is 2.30. The molecule has 0 radical (unpaired) electrons. The van der Waals surface area contributed by atoms with Crippen molar-refractivity contribution in [2.45, 2.75) is 19.4 Å². The van der Waals surface area contributed by atoms with E-state index >= 15 is 0 Å². The van der Waals surface area contributed by atoms with Gasteiger partial charge in [0.15, 0.2) is 0 Å². The van der Waals surface area contributed by atoms with Crippen molar-refractivity contribution in [3.05, 3.63) is 59.7 Å². The van der Waals surface area contributed by atoms with E-state index in [0.717, 1.165) is 12.0 Å². The Bertz CT molecular complexity index is 456. The lowest BCUT2D eigenvalue weighted by Gasteiger charge is -2.10. The maximum atomic E-state index is 10.1. The van der Waals surface area contributed by atoms with E-state index in [9.17, 15) is 5.11 Å². The highest BCUT2D eigenvalue weighted by atomic mass is 16.3. The molecule has 0 fully saturated rings. The molecule has 0 aliphatic carbocycles. The lowest BCUT2D eigenvalue weighted by Crippen LogP contribution is -2.02. The van der Waals surface area contributed by atoms with Gasteiger partial charge in [-0.3, -0.25) is 0 Å². The van der Waals surface area contributed by atoms with Gasteiger partial charge in [-0.05, 0) is 23.6 Å². The monoisotopic (exact) mass is 214 g/mol. The Morgan fingerprint density at radius 1 is 1.31 bits per heavy atom. The number of hydrogen-bond acceptors (Lipinski definition) is 3. The number of aromatic nitrogens is 2. The molecule has 0 aliphatic heterocycles. The fourth-order valence-electron chi connectivity index (χ4n) is 1.62. The number of aliphatic hydroxyl groups excluding tert-OH is 1. The predicted molar refractivity (Wildman–Crippen MR) is 61.9 cm³/mol. The van der Waals surface area contributed by atoms with E-state index < -0.39 is 6.10 Å². The maximum Gasteiger partial charge on any atom is 0.121 e. The molecule has 16 heavy (non-hydrogen) atoms. The Morgan fingerprint density at radius 2 is 2.19 bits per heavy atom. The minimum absolute atomic E-state index is 0.628. The van der Waals surface area contributed by atoms with Gasteiger partial charge in [0.25, 0.3) is 0 Å². The highest BCUT2D eigenvalue weighted by Gasteiger charge is 2.11. The van der Waals surface area contributed by atoms with Gasteiger partial charge in [-0.25, -0.2) is 9.97 Å². The molecule has 1 atom stereocenters. The van der Waals surface area contributed by atoms with Gasteiger partial charge in [0, 0.05) is 6.20 Å². The van der Waals surface area contributed by atoms with Crippen LogP contribution in [0.4, 0.5) is 0 Å². The van der Waals surface area contributed by atoms with Crippen LogP contribution in [0, 0.1) is 0 Å². The average Bonchev–Trinajstić information content (AvgIpc) is 2.39. The molecule has 1 aromatic carbocycles. The summed E-state index contributed by atoms with van der Waals surface area (Å²) in [5.74, 6) is 0. The number of benzene rings is 1. The van der Waals surface area contributed by atoms with Crippen molar-refractivity contribution in [3.8, 4) is 0 Å². The van der Waals surface area contributed by atoms with E-state index in [4.69, 9.17) is 0 Å². The summed E-state index contributed by atoms with van der Waals surface area (Å²) in [6, 6.07) is 9.65. The van der Waals surface area contributed by atoms with Crippen molar-refractivity contribution in [2.24, 2.45) is 0 Å². The molecule has 82 valence electrons. The SMILES string of the molecule is CCc1cccc(C(O)c2ccncn2)c1. The summed E-state index contributed by atoms with van der Waals surface area (Å²) in [5.41, 5.74) is 2.71. The molecule has 3 heteroatoms. The van der Waals surface area contributed by atoms with Crippen LogP contribution >= 0.6 is 0 Å². The predicted octanol–water partition coefficient (Wildman–Crippen LogP) is 2.12. The van der Waals surface area contributed by atoms with Gasteiger partial charge in [-0.2, -0.15) is 0 Å². The van der Waals surface area contributed by atoms with Crippen LogP contribution in [0.5, 0.6) is 0 Å². The molecule has 0 saturated carbocycles. The zero-order chi connectivity index (χ0) is 11.4. The van der Waals surface area contributed by atoms with Crippen molar-refractivity contribution in [1.29, 1.82) is 0 Å². The van der Waals surface area contributed by atoms with E-state index in [1.54, 1.807) is 12.3 Å². The largest absolute Gasteiger partial charge is 0.382 e. The van der Waals surface area contributed by atoms with E-state index in [1.165, 1.54) is 11.9 Å². The van der Waals surface area contributed by atoms with Crippen LogP contribution in [0.25, 0.3) is 0 Å². The third kappa shape index (κ3) is 2.25. The second kappa shape index (κ2) is 4.86. The summed E-state index contributed by atoms with van der Waals surface area (Å²) >= 11 is 0. The van der Waals surface area contributed by atoms with Crippen molar-refractivity contribution >= 4 is 0 Å². The second-order valence-electron chi connectivity index (χ2n) is 3.64. The number of aryl methyl sites for hydroxylation is 1. The molecule has 0 bridgehead atoms. The van der Waals surface area contributed by atoms with E-state index in [0.29, 0.717) is 5.69 Å². The molecule has 3 nitrogen and oxygen atoms in total. The lowest BCUT2D eigenvalue weighted by molar-refractivity contribution is 0.215.